The number of hydrogen-bond acceptors (Lipinski definition) is 5. The van der Waals surface area contributed by atoms with Crippen LogP contribution in [0.25, 0.3) is 0 Å². The van der Waals surface area contributed by atoms with Crippen molar-refractivity contribution < 1.29 is 4.79 Å². The lowest BCUT2D eigenvalue weighted by atomic mass is 10.2. The fourth-order valence-electron chi connectivity index (χ4n) is 2.83. The summed E-state index contributed by atoms with van der Waals surface area (Å²) in [6, 6.07) is 19.0. The number of piperazine rings is 1. The summed E-state index contributed by atoms with van der Waals surface area (Å²) >= 11 is 0. The smallest absolute Gasteiger partial charge is 0.267 e. The van der Waals surface area contributed by atoms with Crippen LogP contribution in [-0.2, 0) is 4.79 Å². The van der Waals surface area contributed by atoms with Gasteiger partial charge in [0.15, 0.2) is 0 Å². The first-order valence-electron chi connectivity index (χ1n) is 8.48. The van der Waals surface area contributed by atoms with Gasteiger partial charge in [-0.25, -0.2) is 0 Å². The quantitative estimate of drug-likeness (QED) is 0.504. The highest BCUT2D eigenvalue weighted by molar-refractivity contribution is 6.06. The van der Waals surface area contributed by atoms with Gasteiger partial charge < -0.3 is 20.9 Å². The highest BCUT2D eigenvalue weighted by Gasteiger charge is 2.17. The van der Waals surface area contributed by atoms with Crippen molar-refractivity contribution in [1.82, 2.24) is 4.90 Å². The molecule has 0 unspecified atom stereocenters. The molecule has 132 valence electrons. The monoisotopic (exact) mass is 347 g/mol. The minimum atomic E-state index is -0.414. The standard InChI is InChI=1S/C20H21N5O/c21-14-16(20(26)23-18-8-6-17(22)7-9-18)15-24-10-12-25(13-11-24)19-4-2-1-3-5-19/h1-9,15H,10-13,22H2,(H,23,26)/b16-15-. The molecule has 2 aromatic carbocycles. The van der Waals surface area contributed by atoms with Gasteiger partial charge in [-0.1, -0.05) is 18.2 Å². The molecule has 0 saturated carbocycles. The molecular formula is C20H21N5O. The summed E-state index contributed by atoms with van der Waals surface area (Å²) in [6.45, 7) is 3.21. The lowest BCUT2D eigenvalue weighted by Gasteiger charge is -2.35. The van der Waals surface area contributed by atoms with Gasteiger partial charge in [-0.05, 0) is 36.4 Å². The van der Waals surface area contributed by atoms with Crippen molar-refractivity contribution in [2.45, 2.75) is 0 Å². The number of carbonyl (C=O) groups excluding carboxylic acids is 1. The van der Waals surface area contributed by atoms with E-state index >= 15 is 0 Å². The molecule has 1 aliphatic heterocycles. The van der Waals surface area contributed by atoms with Crippen LogP contribution in [0.3, 0.4) is 0 Å². The van der Waals surface area contributed by atoms with E-state index in [2.05, 4.69) is 22.3 Å². The number of nitrogen functional groups attached to an aromatic ring is 1. The average Bonchev–Trinajstić information content (AvgIpc) is 2.69. The minimum Gasteiger partial charge on any atom is -0.399 e. The number of nitrogens with zero attached hydrogens (tertiary/aromatic N) is 3. The predicted molar refractivity (Wildman–Crippen MR) is 103 cm³/mol. The Bertz CT molecular complexity index is 816. The van der Waals surface area contributed by atoms with Crippen LogP contribution in [0.2, 0.25) is 0 Å². The Morgan fingerprint density at radius 1 is 1.04 bits per heavy atom. The molecule has 0 aromatic heterocycles. The Labute approximate surface area is 153 Å². The number of nitrogens with two attached hydrogens (primary N) is 1. The molecule has 2 aromatic rings. The minimum absolute atomic E-state index is 0.0926. The van der Waals surface area contributed by atoms with Crippen LogP contribution in [0.5, 0.6) is 0 Å². The molecule has 1 amide bonds. The molecule has 0 bridgehead atoms. The van der Waals surface area contributed by atoms with Crippen molar-refractivity contribution in [3.63, 3.8) is 0 Å². The molecular weight excluding hydrogens is 326 g/mol. The average molecular weight is 347 g/mol. The highest BCUT2D eigenvalue weighted by Crippen LogP contribution is 2.16. The van der Waals surface area contributed by atoms with E-state index in [9.17, 15) is 10.1 Å². The zero-order chi connectivity index (χ0) is 18.4. The first-order valence-corrected chi connectivity index (χ1v) is 8.48. The SMILES string of the molecule is N#C/C(=C/N1CCN(c2ccccc2)CC1)C(=O)Nc1ccc(N)cc1. The summed E-state index contributed by atoms with van der Waals surface area (Å²) < 4.78 is 0. The van der Waals surface area contributed by atoms with Crippen LogP contribution in [0.15, 0.2) is 66.4 Å². The van der Waals surface area contributed by atoms with Gasteiger partial charge in [0.25, 0.3) is 5.91 Å². The molecule has 6 heteroatoms. The van der Waals surface area contributed by atoms with Crippen molar-refractivity contribution in [3.05, 3.63) is 66.4 Å². The maximum absolute atomic E-state index is 12.3. The predicted octanol–water partition coefficient (Wildman–Crippen LogP) is 2.44. The van der Waals surface area contributed by atoms with E-state index < -0.39 is 5.91 Å². The number of anilines is 3. The van der Waals surface area contributed by atoms with E-state index in [0.717, 1.165) is 26.2 Å². The maximum Gasteiger partial charge on any atom is 0.267 e. The van der Waals surface area contributed by atoms with Crippen LogP contribution in [0, 0.1) is 11.3 Å². The molecule has 1 fully saturated rings. The summed E-state index contributed by atoms with van der Waals surface area (Å²) in [6.07, 6.45) is 1.65. The molecule has 26 heavy (non-hydrogen) atoms. The molecule has 0 radical (unpaired) electrons. The van der Waals surface area contributed by atoms with Crippen LogP contribution in [0.1, 0.15) is 0 Å². The van der Waals surface area contributed by atoms with Crippen LogP contribution < -0.4 is 16.0 Å². The van der Waals surface area contributed by atoms with Gasteiger partial charge in [0, 0.05) is 49.4 Å². The Balaban J connectivity index is 1.60. The molecule has 0 atom stereocenters. The van der Waals surface area contributed by atoms with Gasteiger partial charge in [-0.3, -0.25) is 4.79 Å². The molecule has 3 rings (SSSR count). The number of amides is 1. The van der Waals surface area contributed by atoms with E-state index in [4.69, 9.17) is 5.73 Å². The topological polar surface area (TPSA) is 85.4 Å². The molecule has 0 spiro atoms. The second kappa shape index (κ2) is 8.08. The Kier molecular flexibility index (Phi) is 5.40. The van der Waals surface area contributed by atoms with E-state index in [1.165, 1.54) is 5.69 Å². The summed E-state index contributed by atoms with van der Waals surface area (Å²) in [5.74, 6) is -0.414. The second-order valence-corrected chi connectivity index (χ2v) is 6.09. The summed E-state index contributed by atoms with van der Waals surface area (Å²) in [7, 11) is 0. The molecule has 3 N–H and O–H groups in total. The van der Waals surface area contributed by atoms with Crippen molar-refractivity contribution in [1.29, 1.82) is 5.26 Å². The number of nitrogens with one attached hydrogen (secondary N) is 1. The number of hydrogen-bond donors (Lipinski definition) is 2. The van der Waals surface area contributed by atoms with Crippen LogP contribution in [-0.4, -0.2) is 37.0 Å². The third kappa shape index (κ3) is 4.33. The zero-order valence-electron chi connectivity index (χ0n) is 14.4. The van der Waals surface area contributed by atoms with E-state index in [1.807, 2.05) is 29.2 Å². The van der Waals surface area contributed by atoms with Crippen LogP contribution in [0.4, 0.5) is 17.1 Å². The third-order valence-electron chi connectivity index (χ3n) is 4.28. The number of nitriles is 1. The number of para-hydroxylation sites is 1. The summed E-state index contributed by atoms with van der Waals surface area (Å²) in [4.78, 5) is 16.6. The number of carbonyl (C=O) groups is 1. The number of benzene rings is 2. The highest BCUT2D eigenvalue weighted by atomic mass is 16.1. The molecule has 1 saturated heterocycles. The van der Waals surface area contributed by atoms with E-state index in [0.29, 0.717) is 11.4 Å². The van der Waals surface area contributed by atoms with Crippen molar-refractivity contribution >= 4 is 23.0 Å². The largest absolute Gasteiger partial charge is 0.399 e. The van der Waals surface area contributed by atoms with Gasteiger partial charge >= 0.3 is 0 Å². The fourth-order valence-corrected chi connectivity index (χ4v) is 2.83. The Morgan fingerprint density at radius 3 is 2.31 bits per heavy atom. The van der Waals surface area contributed by atoms with Crippen LogP contribution >= 0.6 is 0 Å². The first-order chi connectivity index (χ1) is 12.7. The van der Waals surface area contributed by atoms with Gasteiger partial charge in [0.05, 0.1) is 0 Å². The summed E-state index contributed by atoms with van der Waals surface area (Å²) in [5.41, 5.74) is 8.15. The lowest BCUT2D eigenvalue weighted by Crippen LogP contribution is -2.44. The Hall–Kier alpha value is -3.46. The first kappa shape index (κ1) is 17.4. The third-order valence-corrected chi connectivity index (χ3v) is 4.28. The number of rotatable bonds is 4. The van der Waals surface area contributed by atoms with Gasteiger partial charge in [0.1, 0.15) is 11.6 Å². The summed E-state index contributed by atoms with van der Waals surface area (Å²) in [5, 5.41) is 12.1. The maximum atomic E-state index is 12.3. The Morgan fingerprint density at radius 2 is 1.69 bits per heavy atom. The van der Waals surface area contributed by atoms with Gasteiger partial charge in [0.2, 0.25) is 0 Å². The lowest BCUT2D eigenvalue weighted by molar-refractivity contribution is -0.112. The van der Waals surface area contributed by atoms with Crippen molar-refractivity contribution in [3.8, 4) is 6.07 Å². The normalized spacial score (nSPS) is 14.7. The zero-order valence-corrected chi connectivity index (χ0v) is 14.4. The van der Waals surface area contributed by atoms with E-state index in [-0.39, 0.29) is 5.57 Å². The second-order valence-electron chi connectivity index (χ2n) is 6.09. The molecule has 1 heterocycles. The van der Waals surface area contributed by atoms with Crippen molar-refractivity contribution in [2.75, 3.05) is 42.1 Å². The fraction of sp³-hybridized carbons (Fsp3) is 0.200. The molecule has 1 aliphatic rings. The van der Waals surface area contributed by atoms with E-state index in [1.54, 1.807) is 30.5 Å². The van der Waals surface area contributed by atoms with Gasteiger partial charge in [-0.15, -0.1) is 0 Å². The van der Waals surface area contributed by atoms with Crippen molar-refractivity contribution in [2.24, 2.45) is 0 Å². The molecule has 6 nitrogen and oxygen atoms in total. The van der Waals surface area contributed by atoms with Gasteiger partial charge in [-0.2, -0.15) is 5.26 Å². The molecule has 0 aliphatic carbocycles.